The molecule has 0 rings (SSSR count). The van der Waals surface area contributed by atoms with Crippen molar-refractivity contribution in [1.82, 2.24) is 10.2 Å². The van der Waals surface area contributed by atoms with Crippen LogP contribution in [-0.2, 0) is 0 Å². The first kappa shape index (κ1) is 12.9. The van der Waals surface area contributed by atoms with Crippen LogP contribution < -0.4 is 5.32 Å². The second-order valence-corrected chi connectivity index (χ2v) is 3.49. The maximum Gasteiger partial charge on any atom is 0.0107 e. The summed E-state index contributed by atoms with van der Waals surface area (Å²) in [6.07, 6.45) is 2.49. The zero-order valence-corrected chi connectivity index (χ0v) is 9.77. The van der Waals surface area contributed by atoms with E-state index < -0.39 is 0 Å². The van der Waals surface area contributed by atoms with Crippen molar-refractivity contribution < 1.29 is 0 Å². The average molecular weight is 186 g/mol. The smallest absolute Gasteiger partial charge is 0.0107 e. The third kappa shape index (κ3) is 6.05. The van der Waals surface area contributed by atoms with Crippen LogP contribution >= 0.6 is 0 Å². The SMILES string of the molecule is CCC(CC)NCCN(CC)CC. The predicted octanol–water partition coefficient (Wildman–Crippen LogP) is 2.11. The van der Waals surface area contributed by atoms with Crippen LogP contribution in [0.5, 0.6) is 0 Å². The van der Waals surface area contributed by atoms with E-state index in [4.69, 9.17) is 0 Å². The fourth-order valence-electron chi connectivity index (χ4n) is 1.54. The van der Waals surface area contributed by atoms with Crippen molar-refractivity contribution in [1.29, 1.82) is 0 Å². The molecule has 0 saturated heterocycles. The van der Waals surface area contributed by atoms with E-state index in [0.717, 1.165) is 12.6 Å². The van der Waals surface area contributed by atoms with Gasteiger partial charge in [0.15, 0.2) is 0 Å². The standard InChI is InChI=1S/C11H26N2/c1-5-11(6-2)12-9-10-13(7-3)8-4/h11-12H,5-10H2,1-4H3. The van der Waals surface area contributed by atoms with Crippen molar-refractivity contribution in [3.8, 4) is 0 Å². The van der Waals surface area contributed by atoms with Crippen LogP contribution in [0, 0.1) is 0 Å². The van der Waals surface area contributed by atoms with Crippen LogP contribution in [0.1, 0.15) is 40.5 Å². The van der Waals surface area contributed by atoms with Crippen LogP contribution in [0.2, 0.25) is 0 Å². The third-order valence-corrected chi connectivity index (χ3v) is 2.74. The largest absolute Gasteiger partial charge is 0.313 e. The highest BCUT2D eigenvalue weighted by molar-refractivity contribution is 4.64. The van der Waals surface area contributed by atoms with Gasteiger partial charge in [0.25, 0.3) is 0 Å². The number of hydrogen-bond donors (Lipinski definition) is 1. The molecule has 0 saturated carbocycles. The summed E-state index contributed by atoms with van der Waals surface area (Å²) in [5.74, 6) is 0. The fraction of sp³-hybridized carbons (Fsp3) is 1.00. The quantitative estimate of drug-likeness (QED) is 0.624. The molecule has 0 aromatic carbocycles. The summed E-state index contributed by atoms with van der Waals surface area (Å²) in [5, 5.41) is 3.58. The van der Waals surface area contributed by atoms with Gasteiger partial charge in [0.1, 0.15) is 0 Å². The fourth-order valence-corrected chi connectivity index (χ4v) is 1.54. The molecule has 0 heterocycles. The normalized spacial score (nSPS) is 11.5. The highest BCUT2D eigenvalue weighted by Gasteiger charge is 2.02. The summed E-state index contributed by atoms with van der Waals surface area (Å²) in [4.78, 5) is 2.45. The van der Waals surface area contributed by atoms with Crippen molar-refractivity contribution in [2.45, 2.75) is 46.6 Å². The second kappa shape index (κ2) is 8.52. The first-order chi connectivity index (χ1) is 6.28. The molecule has 0 unspecified atom stereocenters. The molecule has 0 aliphatic heterocycles. The van der Waals surface area contributed by atoms with E-state index in [0.29, 0.717) is 0 Å². The number of nitrogens with one attached hydrogen (secondary N) is 1. The first-order valence-corrected chi connectivity index (χ1v) is 5.74. The van der Waals surface area contributed by atoms with Gasteiger partial charge in [-0.2, -0.15) is 0 Å². The molecule has 0 aliphatic rings. The molecule has 0 atom stereocenters. The van der Waals surface area contributed by atoms with Crippen LogP contribution in [-0.4, -0.2) is 37.1 Å². The molecule has 2 nitrogen and oxygen atoms in total. The highest BCUT2D eigenvalue weighted by Crippen LogP contribution is 1.95. The zero-order valence-electron chi connectivity index (χ0n) is 9.77. The van der Waals surface area contributed by atoms with Crippen LogP contribution in [0.25, 0.3) is 0 Å². The Kier molecular flexibility index (Phi) is 8.46. The van der Waals surface area contributed by atoms with Gasteiger partial charge in [-0.1, -0.05) is 27.7 Å². The molecule has 0 aliphatic carbocycles. The molecule has 13 heavy (non-hydrogen) atoms. The highest BCUT2D eigenvalue weighted by atomic mass is 15.1. The van der Waals surface area contributed by atoms with E-state index in [9.17, 15) is 0 Å². The van der Waals surface area contributed by atoms with Gasteiger partial charge >= 0.3 is 0 Å². The van der Waals surface area contributed by atoms with E-state index >= 15 is 0 Å². The molecular weight excluding hydrogens is 160 g/mol. The summed E-state index contributed by atoms with van der Waals surface area (Å²) >= 11 is 0. The van der Waals surface area contributed by atoms with Gasteiger partial charge in [-0.25, -0.2) is 0 Å². The number of hydrogen-bond acceptors (Lipinski definition) is 2. The molecule has 0 amide bonds. The molecular formula is C11H26N2. The first-order valence-electron chi connectivity index (χ1n) is 5.74. The summed E-state index contributed by atoms with van der Waals surface area (Å²) < 4.78 is 0. The Hall–Kier alpha value is -0.0800. The molecule has 0 aromatic rings. The molecule has 0 spiro atoms. The van der Waals surface area contributed by atoms with Gasteiger partial charge in [-0.15, -0.1) is 0 Å². The Morgan fingerprint density at radius 3 is 1.92 bits per heavy atom. The monoisotopic (exact) mass is 186 g/mol. The summed E-state index contributed by atoms with van der Waals surface area (Å²) in [6, 6.07) is 0.718. The van der Waals surface area contributed by atoms with E-state index in [1.54, 1.807) is 0 Å². The molecule has 0 fully saturated rings. The Bertz CT molecular complexity index is 84.3. The summed E-state index contributed by atoms with van der Waals surface area (Å²) in [6.45, 7) is 13.6. The van der Waals surface area contributed by atoms with Gasteiger partial charge < -0.3 is 10.2 Å². The summed E-state index contributed by atoms with van der Waals surface area (Å²) in [7, 11) is 0. The van der Waals surface area contributed by atoms with E-state index in [1.807, 2.05) is 0 Å². The molecule has 2 heteroatoms. The lowest BCUT2D eigenvalue weighted by Gasteiger charge is -2.20. The van der Waals surface area contributed by atoms with Gasteiger partial charge in [0.05, 0.1) is 0 Å². The van der Waals surface area contributed by atoms with Gasteiger partial charge in [0.2, 0.25) is 0 Å². The van der Waals surface area contributed by atoms with Gasteiger partial charge in [0, 0.05) is 19.1 Å². The minimum Gasteiger partial charge on any atom is -0.313 e. The van der Waals surface area contributed by atoms with Gasteiger partial charge in [-0.05, 0) is 25.9 Å². The minimum atomic E-state index is 0.718. The predicted molar refractivity (Wildman–Crippen MR) is 60.2 cm³/mol. The average Bonchev–Trinajstić information content (AvgIpc) is 2.19. The van der Waals surface area contributed by atoms with Crippen molar-refractivity contribution >= 4 is 0 Å². The van der Waals surface area contributed by atoms with E-state index in [1.165, 1.54) is 32.5 Å². The lowest BCUT2D eigenvalue weighted by atomic mass is 10.2. The Morgan fingerprint density at radius 2 is 1.54 bits per heavy atom. The number of nitrogens with zero attached hydrogens (tertiary/aromatic N) is 1. The maximum absolute atomic E-state index is 3.58. The lowest BCUT2D eigenvalue weighted by molar-refractivity contribution is 0.294. The Balaban J connectivity index is 3.41. The number of rotatable bonds is 8. The van der Waals surface area contributed by atoms with Crippen molar-refractivity contribution in [2.75, 3.05) is 26.2 Å². The maximum atomic E-state index is 3.58. The second-order valence-electron chi connectivity index (χ2n) is 3.49. The number of likely N-dealkylation sites (N-methyl/N-ethyl adjacent to an activating group) is 1. The zero-order chi connectivity index (χ0) is 10.1. The Labute approximate surface area is 83.7 Å². The summed E-state index contributed by atoms with van der Waals surface area (Å²) in [5.41, 5.74) is 0. The van der Waals surface area contributed by atoms with E-state index in [-0.39, 0.29) is 0 Å². The third-order valence-electron chi connectivity index (χ3n) is 2.74. The van der Waals surface area contributed by atoms with Crippen molar-refractivity contribution in [2.24, 2.45) is 0 Å². The molecule has 1 N–H and O–H groups in total. The molecule has 0 aromatic heterocycles. The minimum absolute atomic E-state index is 0.718. The molecule has 0 bridgehead atoms. The van der Waals surface area contributed by atoms with Crippen molar-refractivity contribution in [3.63, 3.8) is 0 Å². The van der Waals surface area contributed by atoms with Crippen molar-refractivity contribution in [3.05, 3.63) is 0 Å². The molecule has 0 radical (unpaired) electrons. The van der Waals surface area contributed by atoms with Gasteiger partial charge in [-0.3, -0.25) is 0 Å². The van der Waals surface area contributed by atoms with Crippen LogP contribution in [0.15, 0.2) is 0 Å². The van der Waals surface area contributed by atoms with Crippen LogP contribution in [0.4, 0.5) is 0 Å². The van der Waals surface area contributed by atoms with E-state index in [2.05, 4.69) is 37.9 Å². The Morgan fingerprint density at radius 1 is 1.00 bits per heavy atom. The van der Waals surface area contributed by atoms with Crippen LogP contribution in [0.3, 0.4) is 0 Å². The lowest BCUT2D eigenvalue weighted by Crippen LogP contribution is -2.36. The topological polar surface area (TPSA) is 15.3 Å². The molecule has 80 valence electrons.